The van der Waals surface area contributed by atoms with Crippen molar-refractivity contribution in [3.8, 4) is 0 Å². The minimum Gasteiger partial charge on any atom is -0.462 e. The molecule has 2 atom stereocenters. The SMILES string of the molecule is CC(C)CCCCCCOC(=O)c1ccccc1C(=O)OCCCCCCC(C)C.CCCCC(CC)COC(=O)c1ccccc1C(=O)OCC(CC)CCCC.CCCCCCCCOC(=O)c1ccccc1C(=O)OCCCCCCCC. The van der Waals surface area contributed by atoms with E-state index in [9.17, 15) is 28.8 Å². The van der Waals surface area contributed by atoms with Gasteiger partial charge in [0.25, 0.3) is 0 Å². The van der Waals surface area contributed by atoms with Crippen molar-refractivity contribution in [2.24, 2.45) is 23.7 Å². The molecule has 12 heteroatoms. The molecule has 3 aromatic rings. The van der Waals surface area contributed by atoms with E-state index in [-0.39, 0.29) is 0 Å². The summed E-state index contributed by atoms with van der Waals surface area (Å²) in [6, 6.07) is 20.3. The van der Waals surface area contributed by atoms with E-state index in [1.165, 1.54) is 77.0 Å². The smallest absolute Gasteiger partial charge is 0.339 e. The average Bonchev–Trinajstić information content (AvgIpc) is 3.65. The molecule has 0 N–H and O–H groups in total. The lowest BCUT2D eigenvalue weighted by Gasteiger charge is -2.17. The van der Waals surface area contributed by atoms with Gasteiger partial charge >= 0.3 is 35.8 Å². The van der Waals surface area contributed by atoms with E-state index < -0.39 is 35.8 Å². The van der Waals surface area contributed by atoms with Crippen molar-refractivity contribution in [3.05, 3.63) is 106 Å². The van der Waals surface area contributed by atoms with Gasteiger partial charge in [0.15, 0.2) is 0 Å². The zero-order valence-electron chi connectivity index (χ0n) is 55.6. The van der Waals surface area contributed by atoms with Gasteiger partial charge in [-0.2, -0.15) is 0 Å². The summed E-state index contributed by atoms with van der Waals surface area (Å²) in [5, 5.41) is 0. The molecule has 0 amide bonds. The maximum atomic E-state index is 12.6. The van der Waals surface area contributed by atoms with Crippen molar-refractivity contribution in [1.82, 2.24) is 0 Å². The van der Waals surface area contributed by atoms with Gasteiger partial charge < -0.3 is 28.4 Å². The minimum absolute atomic E-state index is 0.291. The van der Waals surface area contributed by atoms with Crippen LogP contribution in [0.4, 0.5) is 0 Å². The molecule has 0 aliphatic heterocycles. The summed E-state index contributed by atoms with van der Waals surface area (Å²) >= 11 is 0. The van der Waals surface area contributed by atoms with Gasteiger partial charge in [0.1, 0.15) is 0 Å². The predicted molar refractivity (Wildman–Crippen MR) is 350 cm³/mol. The van der Waals surface area contributed by atoms with Crippen LogP contribution in [0.25, 0.3) is 0 Å². The number of unbranched alkanes of at least 4 members (excludes halogenated alkanes) is 18. The zero-order chi connectivity index (χ0) is 63.4. The first-order valence-corrected chi connectivity index (χ1v) is 34.0. The highest BCUT2D eigenvalue weighted by atomic mass is 16.6. The first kappa shape index (κ1) is 78.5. The predicted octanol–water partition coefficient (Wildman–Crippen LogP) is 20.4. The molecule has 0 saturated carbocycles. The van der Waals surface area contributed by atoms with Gasteiger partial charge in [0, 0.05) is 0 Å². The fourth-order valence-electron chi connectivity index (χ4n) is 9.61. The molecule has 86 heavy (non-hydrogen) atoms. The van der Waals surface area contributed by atoms with Crippen LogP contribution in [0.5, 0.6) is 0 Å². The van der Waals surface area contributed by atoms with Crippen LogP contribution in [0.2, 0.25) is 0 Å². The van der Waals surface area contributed by atoms with E-state index in [1.807, 2.05) is 0 Å². The number of esters is 6. The van der Waals surface area contributed by atoms with E-state index in [4.69, 9.17) is 28.4 Å². The molecule has 0 spiro atoms. The summed E-state index contributed by atoms with van der Waals surface area (Å²) in [6.45, 7) is 24.2. The van der Waals surface area contributed by atoms with Crippen molar-refractivity contribution in [1.29, 1.82) is 0 Å². The van der Waals surface area contributed by atoms with Crippen LogP contribution in [0.1, 0.15) is 324 Å². The third-order valence-electron chi connectivity index (χ3n) is 15.4. The van der Waals surface area contributed by atoms with Gasteiger partial charge in [-0.15, -0.1) is 0 Å². The molecule has 2 unspecified atom stereocenters. The highest BCUT2D eigenvalue weighted by molar-refractivity contribution is 6.04. The molecule has 3 rings (SSSR count). The van der Waals surface area contributed by atoms with Crippen LogP contribution in [0.15, 0.2) is 72.8 Å². The van der Waals surface area contributed by atoms with Crippen LogP contribution < -0.4 is 0 Å². The summed E-state index contributed by atoms with van der Waals surface area (Å²) in [6.07, 6.45) is 33.3. The first-order valence-electron chi connectivity index (χ1n) is 34.0. The van der Waals surface area contributed by atoms with Crippen molar-refractivity contribution < 1.29 is 57.2 Å². The Morgan fingerprint density at radius 1 is 0.279 bits per heavy atom. The van der Waals surface area contributed by atoms with Crippen molar-refractivity contribution >= 4 is 35.8 Å². The van der Waals surface area contributed by atoms with Crippen LogP contribution in [-0.4, -0.2) is 75.5 Å². The largest absolute Gasteiger partial charge is 0.462 e. The standard InChI is InChI=1S/C26H42O4.2C24H38O4/c1-21(2)15-9-5-7-13-19-29-25(27)23-17-11-12-18-24(23)26(28)30-20-14-8-6-10-16-22(3)4;1-5-9-13-19(7-3)17-27-23(25)21-15-11-12-16-22(21)24(26)28-18-20(8-4)14-10-6-2;1-3-5-7-9-11-15-19-27-23(25)21-17-13-14-18-22(21)24(26)28-20-16-12-10-8-6-4-2/h11-12,17-18,21-22H,5-10,13-16,19-20H2,1-4H3;11-12,15-16,19-20H,5-10,13-14,17-18H2,1-4H3;13-14,17-18H,3-12,15-16,19-20H2,1-2H3. The fourth-order valence-corrected chi connectivity index (χ4v) is 9.61. The molecule has 12 nitrogen and oxygen atoms in total. The highest BCUT2D eigenvalue weighted by Crippen LogP contribution is 2.21. The van der Waals surface area contributed by atoms with Crippen LogP contribution in [0, 0.1) is 23.7 Å². The van der Waals surface area contributed by atoms with Gasteiger partial charge in [-0.25, -0.2) is 28.8 Å². The third-order valence-corrected chi connectivity index (χ3v) is 15.4. The Morgan fingerprint density at radius 3 is 0.733 bits per heavy atom. The summed E-state index contributed by atoms with van der Waals surface area (Å²) in [5.74, 6) is -0.453. The molecule has 0 radical (unpaired) electrons. The molecule has 486 valence electrons. The second-order valence-corrected chi connectivity index (χ2v) is 23.9. The van der Waals surface area contributed by atoms with Gasteiger partial charge in [-0.05, 0) is 98.6 Å². The second-order valence-electron chi connectivity index (χ2n) is 23.9. The highest BCUT2D eigenvalue weighted by Gasteiger charge is 2.23. The lowest BCUT2D eigenvalue weighted by Crippen LogP contribution is -2.19. The van der Waals surface area contributed by atoms with E-state index in [1.54, 1.807) is 72.8 Å². The average molecular weight is 1200 g/mol. The molecule has 0 aliphatic rings. The Kier molecular flexibility index (Phi) is 48.0. The summed E-state index contributed by atoms with van der Waals surface area (Å²) in [4.78, 5) is 74.7. The third kappa shape index (κ3) is 37.9. The number of ether oxygens (including phenoxy) is 6. The number of hydrogen-bond acceptors (Lipinski definition) is 12. The number of carbonyl (C=O) groups excluding carboxylic acids is 6. The summed E-state index contributed by atoms with van der Waals surface area (Å²) < 4.78 is 32.5. The Labute approximate surface area is 522 Å². The van der Waals surface area contributed by atoms with Crippen molar-refractivity contribution in [3.63, 3.8) is 0 Å². The van der Waals surface area contributed by atoms with Gasteiger partial charge in [0.2, 0.25) is 0 Å². The van der Waals surface area contributed by atoms with Gasteiger partial charge in [-0.3, -0.25) is 0 Å². The van der Waals surface area contributed by atoms with E-state index in [2.05, 4.69) is 69.2 Å². The molecule has 0 aromatic heterocycles. The van der Waals surface area contributed by atoms with Crippen molar-refractivity contribution in [2.75, 3.05) is 39.6 Å². The van der Waals surface area contributed by atoms with Crippen LogP contribution >= 0.6 is 0 Å². The molecular formula is C74H118O12. The molecule has 0 bridgehead atoms. The quantitative estimate of drug-likeness (QED) is 0.0300. The number of hydrogen-bond donors (Lipinski definition) is 0. The number of rotatable bonds is 46. The minimum atomic E-state index is -0.446. The molecule has 0 aliphatic carbocycles. The molecular weight excluding hydrogens is 1080 g/mol. The Bertz CT molecular complexity index is 2080. The van der Waals surface area contributed by atoms with Crippen LogP contribution in [0.3, 0.4) is 0 Å². The molecule has 3 aromatic carbocycles. The molecule has 0 fully saturated rings. The Balaban J connectivity index is 0.000000646. The monoisotopic (exact) mass is 1200 g/mol. The maximum absolute atomic E-state index is 12.6. The van der Waals surface area contributed by atoms with Crippen molar-refractivity contribution in [2.45, 2.75) is 262 Å². The molecule has 0 saturated heterocycles. The Hall–Kier alpha value is -5.52. The first-order chi connectivity index (χ1) is 41.7. The van der Waals surface area contributed by atoms with Crippen LogP contribution in [-0.2, 0) is 28.4 Å². The normalized spacial score (nSPS) is 11.6. The topological polar surface area (TPSA) is 158 Å². The lowest BCUT2D eigenvalue weighted by atomic mass is 10.0. The Morgan fingerprint density at radius 2 is 0.500 bits per heavy atom. The summed E-state index contributed by atoms with van der Waals surface area (Å²) in [5.41, 5.74) is 1.75. The second kappa shape index (κ2) is 52.6. The number of benzene rings is 3. The number of carbonyl (C=O) groups is 6. The maximum Gasteiger partial charge on any atom is 0.339 e. The fraction of sp³-hybridized carbons (Fsp3) is 0.676. The lowest BCUT2D eigenvalue weighted by molar-refractivity contribution is 0.0381. The molecule has 0 heterocycles. The van der Waals surface area contributed by atoms with Gasteiger partial charge in [0.05, 0.1) is 73.0 Å². The van der Waals surface area contributed by atoms with E-state index in [0.717, 1.165) is 127 Å². The van der Waals surface area contributed by atoms with E-state index in [0.29, 0.717) is 84.9 Å². The van der Waals surface area contributed by atoms with Gasteiger partial charge in [-0.1, -0.05) is 260 Å². The summed E-state index contributed by atoms with van der Waals surface area (Å²) in [7, 11) is 0. The zero-order valence-corrected chi connectivity index (χ0v) is 55.6. The van der Waals surface area contributed by atoms with E-state index >= 15 is 0 Å².